The lowest BCUT2D eigenvalue weighted by Crippen LogP contribution is -2.39. The second kappa shape index (κ2) is 6.58. The molecule has 1 saturated heterocycles. The number of benzene rings is 1. The fourth-order valence-electron chi connectivity index (χ4n) is 2.36. The van der Waals surface area contributed by atoms with Crippen LogP contribution in [0.25, 0.3) is 10.2 Å². The standard InChI is InChI=1S/C14H15ClN2O3S3/c1-8(13(18)16-10-4-5-23(19,20)7-10)21-14-17-11-6-9(15)2-3-12(11)22-14/h2-3,6,8,10H,4-5,7H2,1H3,(H,16,18). The first kappa shape index (κ1) is 17.0. The minimum atomic E-state index is -2.99. The molecule has 0 bridgehead atoms. The van der Waals surface area contributed by atoms with Gasteiger partial charge in [-0.05, 0) is 31.5 Å². The van der Waals surface area contributed by atoms with Crippen molar-refractivity contribution in [3.8, 4) is 0 Å². The van der Waals surface area contributed by atoms with Gasteiger partial charge in [0, 0.05) is 11.1 Å². The highest BCUT2D eigenvalue weighted by Gasteiger charge is 2.30. The molecule has 0 spiro atoms. The van der Waals surface area contributed by atoms with E-state index in [2.05, 4.69) is 10.3 Å². The van der Waals surface area contributed by atoms with Crippen molar-refractivity contribution in [3.63, 3.8) is 0 Å². The van der Waals surface area contributed by atoms with Gasteiger partial charge in [0.05, 0.1) is 27.0 Å². The fraction of sp³-hybridized carbons (Fsp3) is 0.429. The average Bonchev–Trinajstić information content (AvgIpc) is 3.00. The highest BCUT2D eigenvalue weighted by atomic mass is 35.5. The first-order chi connectivity index (χ1) is 10.8. The minimum absolute atomic E-state index is 0.0375. The third-order valence-corrected chi connectivity index (χ3v) is 7.79. The molecule has 124 valence electrons. The van der Waals surface area contributed by atoms with Crippen LogP contribution in [-0.2, 0) is 14.6 Å². The van der Waals surface area contributed by atoms with E-state index in [0.29, 0.717) is 11.4 Å². The highest BCUT2D eigenvalue weighted by Crippen LogP contribution is 2.33. The number of halogens is 1. The van der Waals surface area contributed by atoms with Crippen LogP contribution in [0.5, 0.6) is 0 Å². The Kier molecular flexibility index (Phi) is 4.87. The van der Waals surface area contributed by atoms with Crippen molar-refractivity contribution in [3.05, 3.63) is 23.2 Å². The van der Waals surface area contributed by atoms with E-state index in [0.717, 1.165) is 14.6 Å². The Labute approximate surface area is 147 Å². The molecule has 0 radical (unpaired) electrons. The summed E-state index contributed by atoms with van der Waals surface area (Å²) in [4.78, 5) is 16.7. The SMILES string of the molecule is CC(Sc1nc2cc(Cl)ccc2s1)C(=O)NC1CCS(=O)(=O)C1. The Bertz CT molecular complexity index is 850. The number of hydrogen-bond acceptors (Lipinski definition) is 6. The molecule has 2 unspecified atom stereocenters. The van der Waals surface area contributed by atoms with E-state index < -0.39 is 9.84 Å². The van der Waals surface area contributed by atoms with Crippen LogP contribution in [0.3, 0.4) is 0 Å². The van der Waals surface area contributed by atoms with Gasteiger partial charge >= 0.3 is 0 Å². The molecule has 3 rings (SSSR count). The van der Waals surface area contributed by atoms with E-state index >= 15 is 0 Å². The quantitative estimate of drug-likeness (QED) is 0.812. The molecule has 1 amide bonds. The Morgan fingerprint density at radius 3 is 3.00 bits per heavy atom. The maximum Gasteiger partial charge on any atom is 0.233 e. The smallest absolute Gasteiger partial charge is 0.233 e. The van der Waals surface area contributed by atoms with Crippen molar-refractivity contribution >= 4 is 60.7 Å². The molecule has 9 heteroatoms. The summed E-state index contributed by atoms with van der Waals surface area (Å²) >= 11 is 8.83. The fourth-order valence-corrected chi connectivity index (χ4v) is 6.40. The lowest BCUT2D eigenvalue weighted by molar-refractivity contribution is -0.120. The molecule has 0 saturated carbocycles. The minimum Gasteiger partial charge on any atom is -0.351 e. The molecule has 2 atom stereocenters. The molecule has 1 aliphatic heterocycles. The van der Waals surface area contributed by atoms with Crippen molar-refractivity contribution in [2.75, 3.05) is 11.5 Å². The van der Waals surface area contributed by atoms with Crippen LogP contribution in [0.2, 0.25) is 5.02 Å². The summed E-state index contributed by atoms with van der Waals surface area (Å²) in [5.74, 6) is 0.0304. The Hall–Kier alpha value is -0.830. The molecule has 2 heterocycles. The monoisotopic (exact) mass is 390 g/mol. The van der Waals surface area contributed by atoms with E-state index in [9.17, 15) is 13.2 Å². The molecular formula is C14H15ClN2O3S3. The van der Waals surface area contributed by atoms with Gasteiger partial charge in [-0.2, -0.15) is 0 Å². The van der Waals surface area contributed by atoms with Gasteiger partial charge in [-0.3, -0.25) is 4.79 Å². The van der Waals surface area contributed by atoms with Gasteiger partial charge in [-0.15, -0.1) is 11.3 Å². The van der Waals surface area contributed by atoms with Crippen molar-refractivity contribution in [2.45, 2.75) is 29.0 Å². The summed E-state index contributed by atoms with van der Waals surface area (Å²) in [6.45, 7) is 1.79. The van der Waals surface area contributed by atoms with Crippen molar-refractivity contribution in [1.82, 2.24) is 10.3 Å². The number of sulfone groups is 1. The van der Waals surface area contributed by atoms with Crippen LogP contribution in [0.4, 0.5) is 0 Å². The number of thiazole rings is 1. The summed E-state index contributed by atoms with van der Waals surface area (Å²) in [5, 5.41) is 3.11. The number of fused-ring (bicyclic) bond motifs is 1. The van der Waals surface area contributed by atoms with Gasteiger partial charge < -0.3 is 5.32 Å². The Morgan fingerprint density at radius 2 is 2.30 bits per heavy atom. The van der Waals surface area contributed by atoms with Gasteiger partial charge in [-0.1, -0.05) is 23.4 Å². The predicted molar refractivity (Wildman–Crippen MR) is 95.2 cm³/mol. The number of hydrogen-bond donors (Lipinski definition) is 1. The lowest BCUT2D eigenvalue weighted by atomic mass is 10.2. The molecule has 5 nitrogen and oxygen atoms in total. The second-order valence-corrected chi connectivity index (χ2v) is 10.7. The number of amides is 1. The summed E-state index contributed by atoms with van der Waals surface area (Å²) in [5.41, 5.74) is 0.819. The van der Waals surface area contributed by atoms with Crippen LogP contribution in [-0.4, -0.2) is 42.1 Å². The number of aromatic nitrogens is 1. The van der Waals surface area contributed by atoms with Gasteiger partial charge in [-0.25, -0.2) is 13.4 Å². The van der Waals surface area contributed by atoms with Gasteiger partial charge in [0.1, 0.15) is 0 Å². The van der Waals surface area contributed by atoms with Crippen LogP contribution in [0, 0.1) is 0 Å². The first-order valence-electron chi connectivity index (χ1n) is 7.06. The van der Waals surface area contributed by atoms with Gasteiger partial charge in [0.2, 0.25) is 5.91 Å². The summed E-state index contributed by atoms with van der Waals surface area (Å²) in [6, 6.07) is 5.25. The van der Waals surface area contributed by atoms with Gasteiger partial charge in [0.25, 0.3) is 0 Å². The van der Waals surface area contributed by atoms with Crippen LogP contribution in [0.1, 0.15) is 13.3 Å². The molecule has 1 aliphatic rings. The summed E-state index contributed by atoms with van der Waals surface area (Å²) < 4.78 is 24.7. The summed E-state index contributed by atoms with van der Waals surface area (Å²) in [6.07, 6.45) is 0.491. The number of thioether (sulfide) groups is 1. The molecule has 1 aromatic carbocycles. The normalized spacial score (nSPS) is 21.4. The molecule has 1 aromatic heterocycles. The molecule has 1 N–H and O–H groups in total. The highest BCUT2D eigenvalue weighted by molar-refractivity contribution is 8.02. The molecule has 23 heavy (non-hydrogen) atoms. The maximum absolute atomic E-state index is 12.2. The third-order valence-electron chi connectivity index (χ3n) is 3.56. The molecule has 0 aliphatic carbocycles. The van der Waals surface area contributed by atoms with Crippen LogP contribution in [0.15, 0.2) is 22.5 Å². The number of carbonyl (C=O) groups is 1. The van der Waals surface area contributed by atoms with E-state index in [-0.39, 0.29) is 28.7 Å². The Balaban J connectivity index is 1.63. The number of carbonyl (C=O) groups excluding carboxylic acids is 1. The molecule has 1 fully saturated rings. The predicted octanol–water partition coefficient (Wildman–Crippen LogP) is 2.73. The number of rotatable bonds is 4. The maximum atomic E-state index is 12.2. The van der Waals surface area contributed by atoms with E-state index in [1.165, 1.54) is 23.1 Å². The van der Waals surface area contributed by atoms with Crippen molar-refractivity contribution in [1.29, 1.82) is 0 Å². The zero-order valence-corrected chi connectivity index (χ0v) is 15.5. The lowest BCUT2D eigenvalue weighted by Gasteiger charge is -2.14. The number of nitrogens with zero attached hydrogens (tertiary/aromatic N) is 1. The van der Waals surface area contributed by atoms with E-state index in [4.69, 9.17) is 11.6 Å². The Morgan fingerprint density at radius 1 is 1.52 bits per heavy atom. The third kappa shape index (κ3) is 4.17. The van der Waals surface area contributed by atoms with Crippen LogP contribution < -0.4 is 5.32 Å². The molecule has 2 aromatic rings. The average molecular weight is 391 g/mol. The zero-order chi connectivity index (χ0) is 16.6. The largest absolute Gasteiger partial charge is 0.351 e. The van der Waals surface area contributed by atoms with Crippen molar-refractivity contribution < 1.29 is 13.2 Å². The van der Waals surface area contributed by atoms with Crippen molar-refractivity contribution in [2.24, 2.45) is 0 Å². The van der Waals surface area contributed by atoms with Crippen LogP contribution >= 0.6 is 34.7 Å². The first-order valence-corrected chi connectivity index (χ1v) is 11.0. The zero-order valence-electron chi connectivity index (χ0n) is 12.3. The number of nitrogens with one attached hydrogen (secondary N) is 1. The second-order valence-electron chi connectivity index (χ2n) is 5.46. The van der Waals surface area contributed by atoms with E-state index in [1.807, 2.05) is 12.1 Å². The van der Waals surface area contributed by atoms with E-state index in [1.54, 1.807) is 13.0 Å². The topological polar surface area (TPSA) is 76.1 Å². The summed E-state index contributed by atoms with van der Waals surface area (Å²) in [7, 11) is -2.99. The van der Waals surface area contributed by atoms with Gasteiger partial charge in [0.15, 0.2) is 14.2 Å². The molecular weight excluding hydrogens is 376 g/mol.